The van der Waals surface area contributed by atoms with Gasteiger partial charge in [0.05, 0.1) is 12.1 Å². The molecule has 1 aromatic carbocycles. The predicted octanol–water partition coefficient (Wildman–Crippen LogP) is 3.22. The minimum Gasteiger partial charge on any atom is -0.335 e. The summed E-state index contributed by atoms with van der Waals surface area (Å²) in [6, 6.07) is 9.53. The molecule has 0 aromatic heterocycles. The summed E-state index contributed by atoms with van der Waals surface area (Å²) in [5.41, 5.74) is 6.34. The zero-order valence-electron chi connectivity index (χ0n) is 15.8. The predicted molar refractivity (Wildman–Crippen MR) is 107 cm³/mol. The van der Waals surface area contributed by atoms with E-state index >= 15 is 0 Å². The summed E-state index contributed by atoms with van der Waals surface area (Å²) < 4.78 is 0. The molecule has 1 saturated heterocycles. The molecule has 3 rings (SSSR count). The Morgan fingerprint density at radius 3 is 2.81 bits per heavy atom. The van der Waals surface area contributed by atoms with E-state index in [0.29, 0.717) is 25.4 Å². The Labute approximate surface area is 166 Å². The molecule has 2 unspecified atom stereocenters. The molecule has 1 aliphatic heterocycles. The SMILES string of the molecule is N#CC1(NC(=O)C(N)CC2CCCCC2)CCN(Cc2ccccc2Cl)C1. The van der Waals surface area contributed by atoms with Gasteiger partial charge in [0, 0.05) is 24.7 Å². The van der Waals surface area contributed by atoms with Gasteiger partial charge in [0.2, 0.25) is 5.91 Å². The first-order valence-electron chi connectivity index (χ1n) is 9.96. The number of carbonyl (C=O) groups is 1. The van der Waals surface area contributed by atoms with Crippen LogP contribution in [0.3, 0.4) is 0 Å². The lowest BCUT2D eigenvalue weighted by molar-refractivity contribution is -0.124. The first-order valence-corrected chi connectivity index (χ1v) is 10.3. The summed E-state index contributed by atoms with van der Waals surface area (Å²) in [4.78, 5) is 14.8. The van der Waals surface area contributed by atoms with Gasteiger partial charge in [-0.3, -0.25) is 9.69 Å². The van der Waals surface area contributed by atoms with Crippen molar-refractivity contribution in [2.24, 2.45) is 11.7 Å². The van der Waals surface area contributed by atoms with Crippen LogP contribution < -0.4 is 11.1 Å². The first-order chi connectivity index (χ1) is 13.0. The topological polar surface area (TPSA) is 82.1 Å². The van der Waals surface area contributed by atoms with E-state index in [-0.39, 0.29) is 5.91 Å². The Kier molecular flexibility index (Phi) is 6.75. The molecule has 2 fully saturated rings. The molecule has 0 spiro atoms. The van der Waals surface area contributed by atoms with Gasteiger partial charge >= 0.3 is 0 Å². The van der Waals surface area contributed by atoms with Gasteiger partial charge in [-0.2, -0.15) is 5.26 Å². The van der Waals surface area contributed by atoms with Crippen molar-refractivity contribution in [3.63, 3.8) is 0 Å². The van der Waals surface area contributed by atoms with Crippen LogP contribution in [0.2, 0.25) is 5.02 Å². The number of nitrogens with zero attached hydrogens (tertiary/aromatic N) is 2. The van der Waals surface area contributed by atoms with Gasteiger partial charge in [0.15, 0.2) is 0 Å². The minimum atomic E-state index is -0.859. The number of rotatable bonds is 6. The molecule has 1 amide bonds. The number of likely N-dealkylation sites (tertiary alicyclic amines) is 1. The second-order valence-electron chi connectivity index (χ2n) is 8.08. The Bertz CT molecular complexity index is 698. The highest BCUT2D eigenvalue weighted by Gasteiger charge is 2.40. The van der Waals surface area contributed by atoms with Gasteiger partial charge in [0.25, 0.3) is 0 Å². The van der Waals surface area contributed by atoms with Crippen LogP contribution >= 0.6 is 11.6 Å². The van der Waals surface area contributed by atoms with Crippen molar-refractivity contribution in [2.75, 3.05) is 13.1 Å². The molecule has 1 aliphatic carbocycles. The van der Waals surface area contributed by atoms with Crippen LogP contribution in [0.15, 0.2) is 24.3 Å². The smallest absolute Gasteiger partial charge is 0.238 e. The molecule has 1 saturated carbocycles. The lowest BCUT2D eigenvalue weighted by atomic mass is 9.84. The Morgan fingerprint density at radius 2 is 2.11 bits per heavy atom. The Balaban J connectivity index is 1.55. The van der Waals surface area contributed by atoms with E-state index in [1.165, 1.54) is 19.3 Å². The van der Waals surface area contributed by atoms with Crippen molar-refractivity contribution in [3.05, 3.63) is 34.9 Å². The van der Waals surface area contributed by atoms with Gasteiger partial charge < -0.3 is 11.1 Å². The fourth-order valence-electron chi connectivity index (χ4n) is 4.33. The largest absolute Gasteiger partial charge is 0.335 e. The number of amides is 1. The summed E-state index contributed by atoms with van der Waals surface area (Å²) >= 11 is 6.25. The second kappa shape index (κ2) is 9.05. The van der Waals surface area contributed by atoms with Crippen LogP contribution in [0.4, 0.5) is 0 Å². The highest BCUT2D eigenvalue weighted by atomic mass is 35.5. The van der Waals surface area contributed by atoms with Gasteiger partial charge in [0.1, 0.15) is 5.54 Å². The summed E-state index contributed by atoms with van der Waals surface area (Å²) in [7, 11) is 0. The highest BCUT2D eigenvalue weighted by molar-refractivity contribution is 6.31. The van der Waals surface area contributed by atoms with Crippen LogP contribution in [0, 0.1) is 17.2 Å². The molecule has 3 N–H and O–H groups in total. The molecule has 0 bridgehead atoms. The number of nitrogens with two attached hydrogens (primary N) is 1. The zero-order chi connectivity index (χ0) is 19.3. The standard InChI is InChI=1S/C21H29ClN4O/c22-18-9-5-4-8-17(18)13-26-11-10-21(14-23,15-26)25-20(27)19(24)12-16-6-2-1-3-7-16/h4-5,8-9,16,19H,1-3,6-7,10-13,15,24H2,(H,25,27). The average molecular weight is 389 g/mol. The molecule has 5 nitrogen and oxygen atoms in total. The van der Waals surface area contributed by atoms with E-state index in [1.54, 1.807) is 0 Å². The third-order valence-electron chi connectivity index (χ3n) is 5.93. The van der Waals surface area contributed by atoms with E-state index in [2.05, 4.69) is 16.3 Å². The summed E-state index contributed by atoms with van der Waals surface area (Å²) in [6.45, 7) is 1.92. The van der Waals surface area contributed by atoms with Crippen molar-refractivity contribution in [1.82, 2.24) is 10.2 Å². The molecule has 27 heavy (non-hydrogen) atoms. The maximum Gasteiger partial charge on any atom is 0.238 e. The number of nitrogens with one attached hydrogen (secondary N) is 1. The normalized spacial score (nSPS) is 25.1. The third-order valence-corrected chi connectivity index (χ3v) is 6.29. The monoisotopic (exact) mass is 388 g/mol. The molecule has 1 heterocycles. The molecular weight excluding hydrogens is 360 g/mol. The minimum absolute atomic E-state index is 0.193. The number of carbonyl (C=O) groups excluding carboxylic acids is 1. The Morgan fingerprint density at radius 1 is 1.37 bits per heavy atom. The van der Waals surface area contributed by atoms with Crippen LogP contribution in [0.1, 0.15) is 50.5 Å². The number of benzene rings is 1. The van der Waals surface area contributed by atoms with E-state index in [4.69, 9.17) is 17.3 Å². The highest BCUT2D eigenvalue weighted by Crippen LogP contribution is 2.28. The van der Waals surface area contributed by atoms with Crippen molar-refractivity contribution < 1.29 is 4.79 Å². The van der Waals surface area contributed by atoms with Gasteiger partial charge in [-0.05, 0) is 30.4 Å². The van der Waals surface area contributed by atoms with Crippen LogP contribution in [-0.2, 0) is 11.3 Å². The number of nitriles is 1. The average Bonchev–Trinajstić information content (AvgIpc) is 3.07. The van der Waals surface area contributed by atoms with Crippen molar-refractivity contribution in [2.45, 2.75) is 63.1 Å². The fraction of sp³-hybridized carbons (Fsp3) is 0.619. The number of halogens is 1. The lowest BCUT2D eigenvalue weighted by Gasteiger charge is -2.28. The van der Waals surface area contributed by atoms with Crippen molar-refractivity contribution in [3.8, 4) is 6.07 Å². The molecule has 2 atom stereocenters. The van der Waals surface area contributed by atoms with Gasteiger partial charge in [-0.15, -0.1) is 0 Å². The zero-order valence-corrected chi connectivity index (χ0v) is 16.5. The quantitative estimate of drug-likeness (QED) is 0.783. The summed E-state index contributed by atoms with van der Waals surface area (Å²) in [5, 5.41) is 13.4. The summed E-state index contributed by atoms with van der Waals surface area (Å²) in [5.74, 6) is 0.347. The second-order valence-corrected chi connectivity index (χ2v) is 8.49. The van der Waals surface area contributed by atoms with E-state index < -0.39 is 11.6 Å². The molecule has 6 heteroatoms. The first kappa shape index (κ1) is 20.1. The number of hydrogen-bond acceptors (Lipinski definition) is 4. The fourth-order valence-corrected chi connectivity index (χ4v) is 4.53. The molecule has 0 radical (unpaired) electrons. The lowest BCUT2D eigenvalue weighted by Crippen LogP contribution is -2.54. The van der Waals surface area contributed by atoms with Gasteiger partial charge in [-0.1, -0.05) is 61.9 Å². The van der Waals surface area contributed by atoms with Gasteiger partial charge in [-0.25, -0.2) is 0 Å². The van der Waals surface area contributed by atoms with Crippen LogP contribution in [0.25, 0.3) is 0 Å². The number of hydrogen-bond donors (Lipinski definition) is 2. The Hall–Kier alpha value is -1.61. The van der Waals surface area contributed by atoms with E-state index in [1.807, 2.05) is 24.3 Å². The molecule has 1 aromatic rings. The molecule has 146 valence electrons. The van der Waals surface area contributed by atoms with E-state index in [0.717, 1.165) is 36.4 Å². The van der Waals surface area contributed by atoms with Crippen LogP contribution in [-0.4, -0.2) is 35.5 Å². The third kappa shape index (κ3) is 5.22. The van der Waals surface area contributed by atoms with Crippen LogP contribution in [0.5, 0.6) is 0 Å². The van der Waals surface area contributed by atoms with E-state index in [9.17, 15) is 10.1 Å². The molecule has 2 aliphatic rings. The van der Waals surface area contributed by atoms with Crippen molar-refractivity contribution >= 4 is 17.5 Å². The van der Waals surface area contributed by atoms with Crippen molar-refractivity contribution in [1.29, 1.82) is 5.26 Å². The maximum atomic E-state index is 12.6. The maximum absolute atomic E-state index is 12.6. The molecular formula is C21H29ClN4O. The summed E-state index contributed by atoms with van der Waals surface area (Å²) in [6.07, 6.45) is 7.41.